The highest BCUT2D eigenvalue weighted by molar-refractivity contribution is 7.98. The van der Waals surface area contributed by atoms with Crippen LogP contribution in [0.15, 0.2) is 53.7 Å². The zero-order chi connectivity index (χ0) is 16.9. The van der Waals surface area contributed by atoms with E-state index in [-0.39, 0.29) is 0 Å². The van der Waals surface area contributed by atoms with E-state index in [0.717, 1.165) is 33.2 Å². The Labute approximate surface area is 150 Å². The van der Waals surface area contributed by atoms with Crippen LogP contribution in [-0.4, -0.2) is 21.4 Å². The van der Waals surface area contributed by atoms with Crippen molar-refractivity contribution in [3.63, 3.8) is 0 Å². The van der Waals surface area contributed by atoms with Crippen LogP contribution in [0.5, 0.6) is 5.75 Å². The lowest BCUT2D eigenvalue weighted by atomic mass is 10.2. The van der Waals surface area contributed by atoms with Gasteiger partial charge in [-0.3, -0.25) is 4.57 Å². The van der Waals surface area contributed by atoms with Gasteiger partial charge in [0.15, 0.2) is 5.16 Å². The molecule has 1 aromatic heterocycles. The Balaban J connectivity index is 1.79. The molecule has 0 radical (unpaired) electrons. The van der Waals surface area contributed by atoms with Crippen LogP contribution in [0, 0.1) is 6.92 Å². The van der Waals surface area contributed by atoms with E-state index in [4.69, 9.17) is 16.3 Å². The first kappa shape index (κ1) is 16.9. The molecule has 0 aliphatic heterocycles. The Bertz CT molecular complexity index is 800. The van der Waals surface area contributed by atoms with E-state index in [9.17, 15) is 0 Å². The van der Waals surface area contributed by atoms with Gasteiger partial charge in [-0.15, -0.1) is 10.2 Å². The van der Waals surface area contributed by atoms with Crippen molar-refractivity contribution in [1.29, 1.82) is 0 Å². The molecule has 124 valence electrons. The fourth-order valence-electron chi connectivity index (χ4n) is 2.32. The van der Waals surface area contributed by atoms with Gasteiger partial charge in [-0.05, 0) is 55.8 Å². The number of hydrogen-bond donors (Lipinski definition) is 0. The van der Waals surface area contributed by atoms with Gasteiger partial charge in [0.05, 0.1) is 6.61 Å². The highest BCUT2D eigenvalue weighted by Crippen LogP contribution is 2.26. The quantitative estimate of drug-likeness (QED) is 0.585. The number of rotatable bonds is 6. The van der Waals surface area contributed by atoms with E-state index in [1.54, 1.807) is 11.8 Å². The van der Waals surface area contributed by atoms with E-state index in [1.807, 2.05) is 62.4 Å². The molecule has 0 saturated carbocycles. The Kier molecular flexibility index (Phi) is 5.43. The molecule has 0 fully saturated rings. The number of benzene rings is 2. The average molecular weight is 360 g/mol. The number of aromatic nitrogens is 3. The van der Waals surface area contributed by atoms with Crippen LogP contribution >= 0.6 is 23.4 Å². The van der Waals surface area contributed by atoms with Crippen LogP contribution in [0.2, 0.25) is 5.02 Å². The van der Waals surface area contributed by atoms with Crippen LogP contribution in [0.1, 0.15) is 18.3 Å². The van der Waals surface area contributed by atoms with Crippen LogP contribution in [0.3, 0.4) is 0 Å². The predicted molar refractivity (Wildman–Crippen MR) is 98.3 cm³/mol. The second kappa shape index (κ2) is 7.73. The summed E-state index contributed by atoms with van der Waals surface area (Å²) in [5, 5.41) is 10.1. The van der Waals surface area contributed by atoms with Gasteiger partial charge in [0, 0.05) is 16.5 Å². The lowest BCUT2D eigenvalue weighted by Gasteiger charge is -2.10. The fourth-order valence-corrected chi connectivity index (χ4v) is 3.40. The summed E-state index contributed by atoms with van der Waals surface area (Å²) < 4.78 is 7.55. The third kappa shape index (κ3) is 3.91. The number of ether oxygens (including phenoxy) is 1. The maximum atomic E-state index is 5.93. The zero-order valence-electron chi connectivity index (χ0n) is 13.6. The molecule has 0 spiro atoms. The molecule has 0 aliphatic rings. The molecule has 0 N–H and O–H groups in total. The average Bonchev–Trinajstić information content (AvgIpc) is 2.96. The summed E-state index contributed by atoms with van der Waals surface area (Å²) in [5.74, 6) is 2.53. The summed E-state index contributed by atoms with van der Waals surface area (Å²) in [6.45, 7) is 4.59. The van der Waals surface area contributed by atoms with Gasteiger partial charge >= 0.3 is 0 Å². The fraction of sp³-hybridized carbons (Fsp3) is 0.222. The van der Waals surface area contributed by atoms with Crippen LogP contribution in [-0.2, 0) is 5.75 Å². The monoisotopic (exact) mass is 359 g/mol. The lowest BCUT2D eigenvalue weighted by molar-refractivity contribution is 0.340. The van der Waals surface area contributed by atoms with E-state index in [2.05, 4.69) is 14.8 Å². The Morgan fingerprint density at radius 2 is 1.75 bits per heavy atom. The van der Waals surface area contributed by atoms with Crippen molar-refractivity contribution >= 4 is 23.4 Å². The minimum Gasteiger partial charge on any atom is -0.494 e. The van der Waals surface area contributed by atoms with Gasteiger partial charge in [-0.1, -0.05) is 35.5 Å². The van der Waals surface area contributed by atoms with Gasteiger partial charge in [0.2, 0.25) is 0 Å². The first-order valence-corrected chi connectivity index (χ1v) is 9.06. The molecule has 24 heavy (non-hydrogen) atoms. The smallest absolute Gasteiger partial charge is 0.196 e. The van der Waals surface area contributed by atoms with E-state index in [1.165, 1.54) is 5.56 Å². The van der Waals surface area contributed by atoms with Crippen LogP contribution in [0.4, 0.5) is 0 Å². The Hall–Kier alpha value is -1.98. The molecule has 0 unspecified atom stereocenters. The van der Waals surface area contributed by atoms with Crippen molar-refractivity contribution < 1.29 is 4.74 Å². The van der Waals surface area contributed by atoms with Crippen molar-refractivity contribution in [1.82, 2.24) is 14.8 Å². The first-order valence-electron chi connectivity index (χ1n) is 7.70. The maximum absolute atomic E-state index is 5.93. The van der Waals surface area contributed by atoms with E-state index < -0.39 is 0 Å². The summed E-state index contributed by atoms with van der Waals surface area (Å²) in [6, 6.07) is 15.8. The summed E-state index contributed by atoms with van der Waals surface area (Å²) in [4.78, 5) is 0. The summed E-state index contributed by atoms with van der Waals surface area (Å²) in [6.07, 6.45) is 0. The van der Waals surface area contributed by atoms with Gasteiger partial charge < -0.3 is 4.74 Å². The molecule has 4 nitrogen and oxygen atoms in total. The minimum atomic E-state index is 0.660. The second-order valence-corrected chi connectivity index (χ2v) is 6.59. The number of halogens is 1. The molecule has 0 aliphatic carbocycles. The highest BCUT2D eigenvalue weighted by atomic mass is 35.5. The molecule has 0 atom stereocenters. The minimum absolute atomic E-state index is 0.660. The molecule has 0 saturated heterocycles. The number of thioether (sulfide) groups is 1. The Morgan fingerprint density at radius 3 is 2.42 bits per heavy atom. The molecule has 3 aromatic rings. The highest BCUT2D eigenvalue weighted by Gasteiger charge is 2.11. The first-order chi connectivity index (χ1) is 11.7. The van der Waals surface area contributed by atoms with Gasteiger partial charge in [0.25, 0.3) is 0 Å². The van der Waals surface area contributed by atoms with Gasteiger partial charge in [0.1, 0.15) is 11.6 Å². The molecule has 6 heteroatoms. The zero-order valence-corrected chi connectivity index (χ0v) is 15.1. The van der Waals surface area contributed by atoms with E-state index >= 15 is 0 Å². The van der Waals surface area contributed by atoms with Gasteiger partial charge in [-0.2, -0.15) is 0 Å². The van der Waals surface area contributed by atoms with Crippen molar-refractivity contribution in [3.05, 3.63) is 64.9 Å². The molecule has 2 aromatic carbocycles. The predicted octanol–water partition coefficient (Wildman–Crippen LogP) is 4.92. The molecule has 0 bridgehead atoms. The SMILES string of the molecule is CCOc1ccc(-n2c(C)nnc2SCc2ccc(Cl)cc2)cc1. The Morgan fingerprint density at radius 1 is 1.04 bits per heavy atom. The topological polar surface area (TPSA) is 39.9 Å². The van der Waals surface area contributed by atoms with Gasteiger partial charge in [-0.25, -0.2) is 0 Å². The number of aryl methyl sites for hydroxylation is 1. The molecule has 3 rings (SSSR count). The normalized spacial score (nSPS) is 10.8. The third-order valence-corrected chi connectivity index (χ3v) is 4.73. The lowest BCUT2D eigenvalue weighted by Crippen LogP contribution is -2.00. The number of hydrogen-bond acceptors (Lipinski definition) is 4. The van der Waals surface area contributed by atoms with Crippen LogP contribution in [0.25, 0.3) is 5.69 Å². The largest absolute Gasteiger partial charge is 0.494 e. The third-order valence-electron chi connectivity index (χ3n) is 3.48. The molecule has 0 amide bonds. The van der Waals surface area contributed by atoms with Crippen LogP contribution < -0.4 is 4.74 Å². The van der Waals surface area contributed by atoms with Crippen molar-refractivity contribution in [2.24, 2.45) is 0 Å². The standard InChI is InChI=1S/C18H18ClN3OS/c1-3-23-17-10-8-16(9-11-17)22-13(2)20-21-18(22)24-12-14-4-6-15(19)7-5-14/h4-11H,3,12H2,1-2H3. The molecular formula is C18H18ClN3OS. The molecular weight excluding hydrogens is 342 g/mol. The second-order valence-electron chi connectivity index (χ2n) is 5.21. The summed E-state index contributed by atoms with van der Waals surface area (Å²) >= 11 is 7.58. The maximum Gasteiger partial charge on any atom is 0.196 e. The van der Waals surface area contributed by atoms with Crippen molar-refractivity contribution in [2.45, 2.75) is 24.8 Å². The number of nitrogens with zero attached hydrogens (tertiary/aromatic N) is 3. The van der Waals surface area contributed by atoms with Crippen molar-refractivity contribution in [2.75, 3.05) is 6.61 Å². The van der Waals surface area contributed by atoms with Crippen molar-refractivity contribution in [3.8, 4) is 11.4 Å². The summed E-state index contributed by atoms with van der Waals surface area (Å²) in [7, 11) is 0. The van der Waals surface area contributed by atoms with E-state index in [0.29, 0.717) is 6.61 Å². The molecule has 1 heterocycles. The summed E-state index contributed by atoms with van der Waals surface area (Å²) in [5.41, 5.74) is 2.22.